The number of hydrazone groups is 1. The van der Waals surface area contributed by atoms with Crippen LogP contribution in [0.2, 0.25) is 5.02 Å². The van der Waals surface area contributed by atoms with Gasteiger partial charge in [-0.2, -0.15) is 5.10 Å². The molecule has 1 aliphatic heterocycles. The van der Waals surface area contributed by atoms with E-state index in [-0.39, 0.29) is 18.6 Å². The molecule has 168 valence electrons. The van der Waals surface area contributed by atoms with Crippen LogP contribution in [0.5, 0.6) is 5.75 Å². The van der Waals surface area contributed by atoms with Crippen molar-refractivity contribution in [3.63, 3.8) is 0 Å². The van der Waals surface area contributed by atoms with Crippen molar-refractivity contribution in [3.8, 4) is 5.75 Å². The zero-order valence-corrected chi connectivity index (χ0v) is 19.0. The quantitative estimate of drug-likeness (QED) is 0.323. The number of para-hydroxylation sites is 1. The molecule has 0 N–H and O–H groups in total. The van der Waals surface area contributed by atoms with Gasteiger partial charge < -0.3 is 4.74 Å². The molecule has 1 unspecified atom stereocenters. The lowest BCUT2D eigenvalue weighted by atomic mass is 9.95. The normalized spacial score (nSPS) is 15.3. The topological polar surface area (TPSA) is 59.0 Å². The summed E-state index contributed by atoms with van der Waals surface area (Å²) in [6.45, 7) is -0.235. The van der Waals surface area contributed by atoms with Crippen LogP contribution >= 0.6 is 11.6 Å². The molecule has 1 atom stereocenters. The summed E-state index contributed by atoms with van der Waals surface area (Å²) < 4.78 is 5.70. The van der Waals surface area contributed by atoms with Gasteiger partial charge in [-0.25, -0.2) is 5.01 Å². The largest absolute Gasteiger partial charge is 0.483 e. The zero-order valence-electron chi connectivity index (χ0n) is 18.2. The fraction of sp³-hybridized carbons (Fsp3) is 0.107. The molecule has 5 nitrogen and oxygen atoms in total. The molecule has 6 heteroatoms. The third-order valence-corrected chi connectivity index (χ3v) is 6.17. The van der Waals surface area contributed by atoms with Crippen molar-refractivity contribution in [2.24, 2.45) is 5.10 Å². The van der Waals surface area contributed by atoms with E-state index in [1.165, 1.54) is 5.01 Å². The van der Waals surface area contributed by atoms with Crippen molar-refractivity contribution in [1.29, 1.82) is 0 Å². The van der Waals surface area contributed by atoms with Gasteiger partial charge in [-0.15, -0.1) is 0 Å². The van der Waals surface area contributed by atoms with Crippen LogP contribution < -0.4 is 4.74 Å². The predicted octanol–water partition coefficient (Wildman–Crippen LogP) is 6.06. The smallest absolute Gasteiger partial charge is 0.281 e. The van der Waals surface area contributed by atoms with Crippen LogP contribution in [0, 0.1) is 0 Å². The van der Waals surface area contributed by atoms with E-state index in [0.29, 0.717) is 29.0 Å². The maximum atomic E-state index is 13.3. The number of hydrogen-bond acceptors (Lipinski definition) is 4. The molecular weight excluding hydrogens is 448 g/mol. The molecular formula is C28H21ClN2O3. The average Bonchev–Trinajstić information content (AvgIpc) is 3.33. The number of rotatable bonds is 6. The number of carbonyl (C=O) groups excluding carboxylic acids is 2. The Morgan fingerprint density at radius 3 is 2.53 bits per heavy atom. The first kappa shape index (κ1) is 21.9. The van der Waals surface area contributed by atoms with E-state index in [0.717, 1.165) is 27.6 Å². The van der Waals surface area contributed by atoms with E-state index >= 15 is 0 Å². The minimum Gasteiger partial charge on any atom is -0.483 e. The fourth-order valence-corrected chi connectivity index (χ4v) is 4.37. The summed E-state index contributed by atoms with van der Waals surface area (Å²) in [5.41, 5.74) is 3.16. The Kier molecular flexibility index (Phi) is 6.11. The van der Waals surface area contributed by atoms with E-state index in [1.807, 2.05) is 48.5 Å². The first-order chi connectivity index (χ1) is 16.6. The Morgan fingerprint density at radius 1 is 0.971 bits per heavy atom. The Morgan fingerprint density at radius 2 is 1.71 bits per heavy atom. The maximum absolute atomic E-state index is 13.3. The van der Waals surface area contributed by atoms with Crippen LogP contribution in [0.15, 0.2) is 96.1 Å². The lowest BCUT2D eigenvalue weighted by Crippen LogP contribution is -2.31. The van der Waals surface area contributed by atoms with Crippen LogP contribution in [-0.2, 0) is 4.79 Å². The molecule has 1 heterocycles. The molecule has 0 fully saturated rings. The second-order valence-corrected chi connectivity index (χ2v) is 8.46. The summed E-state index contributed by atoms with van der Waals surface area (Å²) in [6, 6.07) is 28.2. The van der Waals surface area contributed by atoms with Crippen molar-refractivity contribution < 1.29 is 14.3 Å². The molecule has 0 aromatic heterocycles. The maximum Gasteiger partial charge on any atom is 0.281 e. The summed E-state index contributed by atoms with van der Waals surface area (Å²) >= 11 is 6.10. The number of fused-ring (bicyclic) bond motifs is 1. The number of benzene rings is 4. The van der Waals surface area contributed by atoms with E-state index in [2.05, 4.69) is 18.2 Å². The van der Waals surface area contributed by atoms with Gasteiger partial charge in [0.2, 0.25) is 0 Å². The molecule has 0 spiro atoms. The molecule has 5 rings (SSSR count). The van der Waals surface area contributed by atoms with Gasteiger partial charge in [-0.3, -0.25) is 9.59 Å². The van der Waals surface area contributed by atoms with Gasteiger partial charge in [0.1, 0.15) is 5.75 Å². The molecule has 34 heavy (non-hydrogen) atoms. The third-order valence-electron chi connectivity index (χ3n) is 5.92. The minimum atomic E-state index is -0.295. The summed E-state index contributed by atoms with van der Waals surface area (Å²) in [6.07, 6.45) is 1.27. The Hall–Kier alpha value is -3.96. The molecule has 1 amide bonds. The highest BCUT2D eigenvalue weighted by molar-refractivity contribution is 6.30. The standard InChI is InChI=1S/C28H21ClN2O3/c29-22-14-12-20(13-15-22)26-16-25(24-10-5-8-19-6-1-3-9-23(19)24)30-31(26)28(33)18-34-27-11-4-2-7-21(27)17-32/h1-15,17,26H,16,18H2. The van der Waals surface area contributed by atoms with Crippen molar-refractivity contribution in [1.82, 2.24) is 5.01 Å². The molecule has 0 aliphatic carbocycles. The fourth-order valence-electron chi connectivity index (χ4n) is 4.24. The van der Waals surface area contributed by atoms with Crippen LogP contribution in [0.3, 0.4) is 0 Å². The Labute approximate surface area is 202 Å². The van der Waals surface area contributed by atoms with Crippen molar-refractivity contribution in [3.05, 3.63) is 113 Å². The summed E-state index contributed by atoms with van der Waals surface area (Å²) in [5.74, 6) is 0.0715. The number of nitrogens with zero attached hydrogens (tertiary/aromatic N) is 2. The lowest BCUT2D eigenvalue weighted by Gasteiger charge is -2.22. The minimum absolute atomic E-state index is 0.235. The van der Waals surface area contributed by atoms with Gasteiger partial charge in [0.05, 0.1) is 17.3 Å². The van der Waals surface area contributed by atoms with Crippen LogP contribution in [0.1, 0.15) is 33.9 Å². The third kappa shape index (κ3) is 4.30. The van der Waals surface area contributed by atoms with Gasteiger partial charge in [0.25, 0.3) is 5.91 Å². The van der Waals surface area contributed by atoms with Gasteiger partial charge in [0, 0.05) is 17.0 Å². The van der Waals surface area contributed by atoms with Crippen molar-refractivity contribution in [2.45, 2.75) is 12.5 Å². The van der Waals surface area contributed by atoms with E-state index < -0.39 is 0 Å². The molecule has 0 saturated heterocycles. The average molecular weight is 469 g/mol. The number of aldehydes is 1. The van der Waals surface area contributed by atoms with E-state index in [4.69, 9.17) is 21.4 Å². The van der Waals surface area contributed by atoms with Crippen molar-refractivity contribution in [2.75, 3.05) is 6.61 Å². The van der Waals surface area contributed by atoms with Gasteiger partial charge >= 0.3 is 0 Å². The Balaban J connectivity index is 1.48. The molecule has 4 aromatic carbocycles. The number of carbonyl (C=O) groups is 2. The first-order valence-electron chi connectivity index (χ1n) is 10.9. The predicted molar refractivity (Wildman–Crippen MR) is 133 cm³/mol. The van der Waals surface area contributed by atoms with Gasteiger partial charge in [0.15, 0.2) is 12.9 Å². The van der Waals surface area contributed by atoms with Crippen molar-refractivity contribution >= 4 is 40.3 Å². The number of halogens is 1. The molecule has 1 aliphatic rings. The molecule has 4 aromatic rings. The van der Waals surface area contributed by atoms with E-state index in [1.54, 1.807) is 24.3 Å². The van der Waals surface area contributed by atoms with Gasteiger partial charge in [-0.1, -0.05) is 78.3 Å². The lowest BCUT2D eigenvalue weighted by molar-refractivity contribution is -0.135. The van der Waals surface area contributed by atoms with Crippen LogP contribution in [0.25, 0.3) is 10.8 Å². The number of amides is 1. The summed E-state index contributed by atoms with van der Waals surface area (Å²) in [7, 11) is 0. The second-order valence-electron chi connectivity index (χ2n) is 8.03. The molecule has 0 saturated carbocycles. The summed E-state index contributed by atoms with van der Waals surface area (Å²) in [5, 5.41) is 9.08. The van der Waals surface area contributed by atoms with Crippen LogP contribution in [0.4, 0.5) is 0 Å². The molecule has 0 bridgehead atoms. The van der Waals surface area contributed by atoms with Gasteiger partial charge in [-0.05, 0) is 40.6 Å². The number of hydrogen-bond donors (Lipinski definition) is 0. The zero-order chi connectivity index (χ0) is 23.5. The van der Waals surface area contributed by atoms with E-state index in [9.17, 15) is 9.59 Å². The summed E-state index contributed by atoms with van der Waals surface area (Å²) in [4.78, 5) is 24.6. The molecule has 0 radical (unpaired) electrons. The highest BCUT2D eigenvalue weighted by Gasteiger charge is 2.33. The highest BCUT2D eigenvalue weighted by Crippen LogP contribution is 2.35. The highest BCUT2D eigenvalue weighted by atomic mass is 35.5. The monoisotopic (exact) mass is 468 g/mol. The first-order valence-corrected chi connectivity index (χ1v) is 11.3. The van der Waals surface area contributed by atoms with Crippen LogP contribution in [-0.4, -0.2) is 29.5 Å². The SMILES string of the molecule is O=Cc1ccccc1OCC(=O)N1N=C(c2cccc3ccccc23)CC1c1ccc(Cl)cc1. The second kappa shape index (κ2) is 9.49. The number of ether oxygens (including phenoxy) is 1. The Bertz CT molecular complexity index is 1390.